The molecule has 2 aliphatic rings. The molecule has 1 saturated heterocycles. The third kappa shape index (κ3) is 1.78. The predicted molar refractivity (Wildman–Crippen MR) is 64.6 cm³/mol. The van der Waals surface area contributed by atoms with E-state index in [9.17, 15) is 4.79 Å². The first-order valence-electron chi connectivity index (χ1n) is 6.04. The van der Waals surface area contributed by atoms with E-state index in [1.54, 1.807) is 0 Å². The standard InChI is InChI=1S/C13H16N2O2/c14-12-5-1-4-10-11(12)8-15(13(10)16)7-9-3-2-6-17-9/h1,4-5,9H,2-3,6-8,14H2. The van der Waals surface area contributed by atoms with Gasteiger partial charge in [-0.25, -0.2) is 0 Å². The molecule has 3 rings (SSSR count). The maximum absolute atomic E-state index is 12.2. The van der Waals surface area contributed by atoms with Crippen molar-refractivity contribution in [3.05, 3.63) is 29.3 Å². The zero-order valence-corrected chi connectivity index (χ0v) is 9.69. The summed E-state index contributed by atoms with van der Waals surface area (Å²) in [5, 5.41) is 0. The summed E-state index contributed by atoms with van der Waals surface area (Å²) in [6, 6.07) is 5.53. The van der Waals surface area contributed by atoms with Crippen molar-refractivity contribution < 1.29 is 9.53 Å². The molecule has 0 aromatic heterocycles. The van der Waals surface area contributed by atoms with Crippen LogP contribution in [0.3, 0.4) is 0 Å². The highest BCUT2D eigenvalue weighted by Gasteiger charge is 2.31. The van der Waals surface area contributed by atoms with Crippen molar-refractivity contribution in [1.82, 2.24) is 4.90 Å². The van der Waals surface area contributed by atoms with Crippen LogP contribution in [-0.2, 0) is 11.3 Å². The Morgan fingerprint density at radius 2 is 2.35 bits per heavy atom. The fourth-order valence-corrected chi connectivity index (χ4v) is 2.60. The molecule has 1 aromatic carbocycles. The molecule has 1 unspecified atom stereocenters. The average Bonchev–Trinajstić information content (AvgIpc) is 2.92. The second kappa shape index (κ2) is 4.04. The van der Waals surface area contributed by atoms with Crippen LogP contribution in [0.15, 0.2) is 18.2 Å². The van der Waals surface area contributed by atoms with Crippen LogP contribution in [0.1, 0.15) is 28.8 Å². The normalized spacial score (nSPS) is 23.2. The molecule has 2 heterocycles. The van der Waals surface area contributed by atoms with Gasteiger partial charge < -0.3 is 15.4 Å². The van der Waals surface area contributed by atoms with Crippen LogP contribution in [0.4, 0.5) is 5.69 Å². The quantitative estimate of drug-likeness (QED) is 0.784. The third-order valence-electron chi connectivity index (χ3n) is 3.53. The molecule has 17 heavy (non-hydrogen) atoms. The monoisotopic (exact) mass is 232 g/mol. The Balaban J connectivity index is 1.79. The van der Waals surface area contributed by atoms with Crippen molar-refractivity contribution in [3.63, 3.8) is 0 Å². The van der Waals surface area contributed by atoms with Gasteiger partial charge >= 0.3 is 0 Å². The van der Waals surface area contributed by atoms with Gasteiger partial charge in [-0.05, 0) is 25.0 Å². The number of fused-ring (bicyclic) bond motifs is 1. The number of carbonyl (C=O) groups excluding carboxylic acids is 1. The maximum atomic E-state index is 12.2. The molecule has 0 aliphatic carbocycles. The number of nitrogen functional groups attached to an aromatic ring is 1. The predicted octanol–water partition coefficient (Wildman–Crippen LogP) is 1.40. The Kier molecular flexibility index (Phi) is 2.52. The molecule has 4 nitrogen and oxygen atoms in total. The molecule has 4 heteroatoms. The molecule has 2 N–H and O–H groups in total. The lowest BCUT2D eigenvalue weighted by Crippen LogP contribution is -2.32. The molecule has 1 aromatic rings. The summed E-state index contributed by atoms with van der Waals surface area (Å²) in [7, 11) is 0. The number of hydrogen-bond donors (Lipinski definition) is 1. The van der Waals surface area contributed by atoms with Gasteiger partial charge in [0, 0.05) is 36.5 Å². The third-order valence-corrected chi connectivity index (χ3v) is 3.53. The van der Waals surface area contributed by atoms with Crippen LogP contribution in [0.2, 0.25) is 0 Å². The van der Waals surface area contributed by atoms with Crippen molar-refractivity contribution in [2.24, 2.45) is 0 Å². The van der Waals surface area contributed by atoms with Gasteiger partial charge in [-0.3, -0.25) is 4.79 Å². The summed E-state index contributed by atoms with van der Waals surface area (Å²) >= 11 is 0. The lowest BCUT2D eigenvalue weighted by atomic mass is 10.1. The van der Waals surface area contributed by atoms with Crippen LogP contribution in [0, 0.1) is 0 Å². The molecule has 1 amide bonds. The Hall–Kier alpha value is -1.55. The van der Waals surface area contributed by atoms with Gasteiger partial charge in [-0.1, -0.05) is 6.07 Å². The van der Waals surface area contributed by atoms with E-state index in [-0.39, 0.29) is 12.0 Å². The van der Waals surface area contributed by atoms with Gasteiger partial charge in [-0.2, -0.15) is 0 Å². The number of ether oxygens (including phenoxy) is 1. The largest absolute Gasteiger partial charge is 0.398 e. The fraction of sp³-hybridized carbons (Fsp3) is 0.462. The van der Waals surface area contributed by atoms with Gasteiger partial charge in [0.25, 0.3) is 5.91 Å². The van der Waals surface area contributed by atoms with Crippen LogP contribution in [-0.4, -0.2) is 30.1 Å². The second-order valence-electron chi connectivity index (χ2n) is 4.69. The fourth-order valence-electron chi connectivity index (χ4n) is 2.60. The first-order valence-corrected chi connectivity index (χ1v) is 6.04. The summed E-state index contributed by atoms with van der Waals surface area (Å²) < 4.78 is 5.57. The van der Waals surface area contributed by atoms with E-state index in [4.69, 9.17) is 10.5 Å². The Bertz CT molecular complexity index is 453. The minimum absolute atomic E-state index is 0.0859. The molecule has 0 spiro atoms. The Morgan fingerprint density at radius 3 is 3.06 bits per heavy atom. The summed E-state index contributed by atoms with van der Waals surface area (Å²) in [5.41, 5.74) is 8.33. The summed E-state index contributed by atoms with van der Waals surface area (Å²) in [6.07, 6.45) is 2.35. The van der Waals surface area contributed by atoms with E-state index in [0.29, 0.717) is 18.8 Å². The first kappa shape index (κ1) is 10.6. The lowest BCUT2D eigenvalue weighted by Gasteiger charge is -2.19. The van der Waals surface area contributed by atoms with Crippen LogP contribution in [0.25, 0.3) is 0 Å². The number of nitrogens with zero attached hydrogens (tertiary/aromatic N) is 1. The lowest BCUT2D eigenvalue weighted by molar-refractivity contribution is 0.0545. The van der Waals surface area contributed by atoms with E-state index in [1.165, 1.54) is 0 Å². The molecule has 0 radical (unpaired) electrons. The van der Waals surface area contributed by atoms with E-state index in [0.717, 1.165) is 30.6 Å². The van der Waals surface area contributed by atoms with Crippen molar-refractivity contribution >= 4 is 11.6 Å². The Labute approximate surface area is 100 Å². The molecule has 1 fully saturated rings. The highest BCUT2D eigenvalue weighted by molar-refractivity contribution is 5.99. The van der Waals surface area contributed by atoms with Gasteiger partial charge in [0.1, 0.15) is 0 Å². The number of hydrogen-bond acceptors (Lipinski definition) is 3. The van der Waals surface area contributed by atoms with Gasteiger partial charge in [0.2, 0.25) is 0 Å². The van der Waals surface area contributed by atoms with E-state index >= 15 is 0 Å². The van der Waals surface area contributed by atoms with E-state index in [2.05, 4.69) is 0 Å². The van der Waals surface area contributed by atoms with Gasteiger partial charge in [0.05, 0.1) is 6.10 Å². The molecule has 90 valence electrons. The summed E-state index contributed by atoms with van der Waals surface area (Å²) in [5.74, 6) is 0.0859. The number of rotatable bonds is 2. The molecule has 1 atom stereocenters. The highest BCUT2D eigenvalue weighted by atomic mass is 16.5. The molecule has 0 saturated carbocycles. The van der Waals surface area contributed by atoms with Crippen LogP contribution in [0.5, 0.6) is 0 Å². The Morgan fingerprint density at radius 1 is 1.47 bits per heavy atom. The number of carbonyl (C=O) groups is 1. The van der Waals surface area contributed by atoms with Crippen molar-refractivity contribution in [1.29, 1.82) is 0 Å². The van der Waals surface area contributed by atoms with Crippen molar-refractivity contribution in [2.45, 2.75) is 25.5 Å². The van der Waals surface area contributed by atoms with Gasteiger partial charge in [-0.15, -0.1) is 0 Å². The van der Waals surface area contributed by atoms with Crippen molar-refractivity contribution in [3.8, 4) is 0 Å². The smallest absolute Gasteiger partial charge is 0.254 e. The average molecular weight is 232 g/mol. The van der Waals surface area contributed by atoms with Crippen LogP contribution >= 0.6 is 0 Å². The summed E-state index contributed by atoms with van der Waals surface area (Å²) in [4.78, 5) is 14.0. The zero-order chi connectivity index (χ0) is 11.8. The minimum atomic E-state index is 0.0859. The molecular formula is C13H16N2O2. The summed E-state index contributed by atoms with van der Waals surface area (Å²) in [6.45, 7) is 2.13. The molecule has 2 aliphatic heterocycles. The molecular weight excluding hydrogens is 216 g/mol. The van der Waals surface area contributed by atoms with E-state index in [1.807, 2.05) is 23.1 Å². The highest BCUT2D eigenvalue weighted by Crippen LogP contribution is 2.28. The van der Waals surface area contributed by atoms with E-state index < -0.39 is 0 Å². The van der Waals surface area contributed by atoms with Gasteiger partial charge in [0.15, 0.2) is 0 Å². The first-order chi connectivity index (χ1) is 8.25. The minimum Gasteiger partial charge on any atom is -0.398 e. The number of benzene rings is 1. The van der Waals surface area contributed by atoms with Crippen LogP contribution < -0.4 is 5.73 Å². The SMILES string of the molecule is Nc1cccc2c1CN(CC1CCCO1)C2=O. The maximum Gasteiger partial charge on any atom is 0.254 e. The topological polar surface area (TPSA) is 55.6 Å². The molecule has 0 bridgehead atoms. The second-order valence-corrected chi connectivity index (χ2v) is 4.69. The number of nitrogens with two attached hydrogens (primary N) is 1. The number of amides is 1. The number of anilines is 1. The van der Waals surface area contributed by atoms with Crippen molar-refractivity contribution in [2.75, 3.05) is 18.9 Å². The zero-order valence-electron chi connectivity index (χ0n) is 9.69.